The number of nitrogens with zero attached hydrogens (tertiary/aromatic N) is 1. The lowest BCUT2D eigenvalue weighted by Crippen LogP contribution is -2.55. The monoisotopic (exact) mass is 173 g/mol. The van der Waals surface area contributed by atoms with Gasteiger partial charge in [0.25, 0.3) is 0 Å². The Labute approximate surface area is 76.3 Å². The molecule has 0 aliphatic rings. The van der Waals surface area contributed by atoms with Gasteiger partial charge in [0.05, 0.1) is 5.66 Å². The van der Waals surface area contributed by atoms with Gasteiger partial charge in [0.15, 0.2) is 0 Å². The quantitative estimate of drug-likeness (QED) is 0.578. The molecule has 3 nitrogen and oxygen atoms in total. The fourth-order valence-corrected chi connectivity index (χ4v) is 1.70. The van der Waals surface area contributed by atoms with Crippen LogP contribution in [-0.4, -0.2) is 38.3 Å². The van der Waals surface area contributed by atoms with E-state index in [4.69, 9.17) is 5.73 Å². The molecular formula is C9H23N3. The van der Waals surface area contributed by atoms with Crippen LogP contribution < -0.4 is 11.1 Å². The Bertz CT molecular complexity index is 106. The highest BCUT2D eigenvalue weighted by Gasteiger charge is 2.28. The van der Waals surface area contributed by atoms with Crippen molar-refractivity contribution in [1.82, 2.24) is 10.2 Å². The molecule has 0 aromatic rings. The van der Waals surface area contributed by atoms with Gasteiger partial charge < -0.3 is 11.1 Å². The van der Waals surface area contributed by atoms with Gasteiger partial charge in [-0.3, -0.25) is 4.90 Å². The average Bonchev–Trinajstić information content (AvgIpc) is 2.03. The number of nitrogens with two attached hydrogens (primary N) is 1. The lowest BCUT2D eigenvalue weighted by Gasteiger charge is -2.39. The summed E-state index contributed by atoms with van der Waals surface area (Å²) in [6, 6.07) is 0. The van der Waals surface area contributed by atoms with E-state index in [1.807, 2.05) is 7.05 Å². The van der Waals surface area contributed by atoms with Crippen LogP contribution in [0.3, 0.4) is 0 Å². The van der Waals surface area contributed by atoms with Crippen molar-refractivity contribution in [2.45, 2.75) is 31.8 Å². The molecule has 0 aromatic heterocycles. The van der Waals surface area contributed by atoms with Gasteiger partial charge in [-0.05, 0) is 40.5 Å². The minimum Gasteiger partial charge on any atom is -0.330 e. The molecule has 0 saturated carbocycles. The molecule has 0 rings (SSSR count). The van der Waals surface area contributed by atoms with Crippen LogP contribution in [0.4, 0.5) is 0 Å². The molecule has 74 valence electrons. The maximum absolute atomic E-state index is 5.59. The van der Waals surface area contributed by atoms with Crippen LogP contribution in [0.15, 0.2) is 0 Å². The molecule has 3 heteroatoms. The van der Waals surface area contributed by atoms with Crippen LogP contribution in [0.5, 0.6) is 0 Å². The normalized spacial score (nSPS) is 16.5. The topological polar surface area (TPSA) is 41.3 Å². The van der Waals surface area contributed by atoms with E-state index in [2.05, 4.69) is 31.2 Å². The predicted molar refractivity (Wildman–Crippen MR) is 54.1 cm³/mol. The summed E-state index contributed by atoms with van der Waals surface area (Å²) in [6.07, 6.45) is 3.33. The third-order valence-corrected chi connectivity index (χ3v) is 2.54. The molecular weight excluding hydrogens is 150 g/mol. The van der Waals surface area contributed by atoms with E-state index in [0.29, 0.717) is 0 Å². The minimum atomic E-state index is 0.101. The summed E-state index contributed by atoms with van der Waals surface area (Å²) in [7, 11) is 6.20. The summed E-state index contributed by atoms with van der Waals surface area (Å²) in [5, 5.41) is 3.36. The third kappa shape index (κ3) is 2.73. The van der Waals surface area contributed by atoms with Gasteiger partial charge in [0.1, 0.15) is 0 Å². The van der Waals surface area contributed by atoms with Gasteiger partial charge in [0.2, 0.25) is 0 Å². The van der Waals surface area contributed by atoms with Crippen molar-refractivity contribution >= 4 is 0 Å². The number of rotatable bonds is 6. The largest absolute Gasteiger partial charge is 0.330 e. The Hall–Kier alpha value is -0.120. The lowest BCUT2D eigenvalue weighted by molar-refractivity contribution is 0.0972. The summed E-state index contributed by atoms with van der Waals surface area (Å²) in [6.45, 7) is 2.94. The van der Waals surface area contributed by atoms with Crippen molar-refractivity contribution in [3.63, 3.8) is 0 Å². The summed E-state index contributed by atoms with van der Waals surface area (Å²) >= 11 is 0. The van der Waals surface area contributed by atoms with E-state index >= 15 is 0 Å². The van der Waals surface area contributed by atoms with Crippen molar-refractivity contribution < 1.29 is 0 Å². The fourth-order valence-electron chi connectivity index (χ4n) is 1.70. The summed E-state index contributed by atoms with van der Waals surface area (Å²) < 4.78 is 0. The van der Waals surface area contributed by atoms with Gasteiger partial charge in [-0.25, -0.2) is 0 Å². The second-order valence-corrected chi connectivity index (χ2v) is 3.46. The first-order valence-electron chi connectivity index (χ1n) is 4.69. The third-order valence-electron chi connectivity index (χ3n) is 2.54. The van der Waals surface area contributed by atoms with Crippen molar-refractivity contribution in [1.29, 1.82) is 0 Å². The van der Waals surface area contributed by atoms with E-state index in [1.165, 1.54) is 6.42 Å². The summed E-state index contributed by atoms with van der Waals surface area (Å²) in [5.74, 6) is 0. The first kappa shape index (κ1) is 11.9. The first-order chi connectivity index (χ1) is 5.63. The van der Waals surface area contributed by atoms with Gasteiger partial charge >= 0.3 is 0 Å². The molecule has 0 saturated heterocycles. The van der Waals surface area contributed by atoms with Crippen LogP contribution in [0.25, 0.3) is 0 Å². The van der Waals surface area contributed by atoms with Crippen LogP contribution in [-0.2, 0) is 0 Å². The molecule has 0 bridgehead atoms. The summed E-state index contributed by atoms with van der Waals surface area (Å²) in [5.41, 5.74) is 5.69. The molecule has 0 aliphatic heterocycles. The Kier molecular flexibility index (Phi) is 5.46. The SMILES string of the molecule is CCCC(CCN)(NC)N(C)C. The standard InChI is InChI=1S/C9H23N3/c1-5-6-9(11-2,7-8-10)12(3)4/h11H,5-8,10H2,1-4H3. The lowest BCUT2D eigenvalue weighted by atomic mass is 9.99. The molecule has 0 spiro atoms. The molecule has 0 aliphatic carbocycles. The van der Waals surface area contributed by atoms with E-state index in [9.17, 15) is 0 Å². The smallest absolute Gasteiger partial charge is 0.0717 e. The van der Waals surface area contributed by atoms with E-state index in [1.54, 1.807) is 0 Å². The van der Waals surface area contributed by atoms with Gasteiger partial charge in [-0.1, -0.05) is 13.3 Å². The molecule has 0 aromatic carbocycles. The maximum Gasteiger partial charge on any atom is 0.0717 e. The first-order valence-corrected chi connectivity index (χ1v) is 4.69. The van der Waals surface area contributed by atoms with Crippen molar-refractivity contribution in [3.05, 3.63) is 0 Å². The molecule has 0 heterocycles. The maximum atomic E-state index is 5.59. The van der Waals surface area contributed by atoms with Crippen LogP contribution >= 0.6 is 0 Å². The summed E-state index contributed by atoms with van der Waals surface area (Å²) in [4.78, 5) is 2.23. The van der Waals surface area contributed by atoms with Gasteiger partial charge in [-0.2, -0.15) is 0 Å². The molecule has 0 radical (unpaired) electrons. The zero-order chi connectivity index (χ0) is 9.61. The molecule has 1 unspecified atom stereocenters. The van der Waals surface area contributed by atoms with Gasteiger partial charge in [0, 0.05) is 0 Å². The van der Waals surface area contributed by atoms with Crippen LogP contribution in [0.1, 0.15) is 26.2 Å². The van der Waals surface area contributed by atoms with Crippen molar-refractivity contribution in [2.24, 2.45) is 5.73 Å². The predicted octanol–water partition coefficient (Wildman–Crippen LogP) is 0.613. The molecule has 0 amide bonds. The number of hydrogen-bond donors (Lipinski definition) is 2. The highest BCUT2D eigenvalue weighted by Crippen LogP contribution is 2.18. The molecule has 1 atom stereocenters. The molecule has 12 heavy (non-hydrogen) atoms. The Morgan fingerprint density at radius 3 is 2.17 bits per heavy atom. The second-order valence-electron chi connectivity index (χ2n) is 3.46. The minimum absolute atomic E-state index is 0.101. The van der Waals surface area contributed by atoms with E-state index in [0.717, 1.165) is 19.4 Å². The fraction of sp³-hybridized carbons (Fsp3) is 1.00. The number of nitrogens with one attached hydrogen (secondary N) is 1. The van der Waals surface area contributed by atoms with E-state index in [-0.39, 0.29) is 5.66 Å². The van der Waals surface area contributed by atoms with Gasteiger partial charge in [-0.15, -0.1) is 0 Å². The Balaban J connectivity index is 4.28. The second kappa shape index (κ2) is 5.51. The van der Waals surface area contributed by atoms with Crippen molar-refractivity contribution in [2.75, 3.05) is 27.7 Å². The van der Waals surface area contributed by atoms with Crippen molar-refractivity contribution in [3.8, 4) is 0 Å². The van der Waals surface area contributed by atoms with E-state index < -0.39 is 0 Å². The highest BCUT2D eigenvalue weighted by atomic mass is 15.3. The molecule has 3 N–H and O–H groups in total. The van der Waals surface area contributed by atoms with Crippen LogP contribution in [0, 0.1) is 0 Å². The molecule has 0 fully saturated rings. The zero-order valence-electron chi connectivity index (χ0n) is 8.85. The number of hydrogen-bond acceptors (Lipinski definition) is 3. The van der Waals surface area contributed by atoms with Crippen LogP contribution in [0.2, 0.25) is 0 Å². The highest BCUT2D eigenvalue weighted by molar-refractivity contribution is 4.83. The Morgan fingerprint density at radius 1 is 1.33 bits per heavy atom. The average molecular weight is 173 g/mol. The Morgan fingerprint density at radius 2 is 1.92 bits per heavy atom. The zero-order valence-corrected chi connectivity index (χ0v) is 8.85.